The van der Waals surface area contributed by atoms with E-state index in [0.29, 0.717) is 19.4 Å². The second-order valence-corrected chi connectivity index (χ2v) is 3.37. The number of Topliss-reactive ketones (excluding diaryl/α,β-unsaturated/α-hetero) is 1. The van der Waals surface area contributed by atoms with Crippen LogP contribution in [0.5, 0.6) is 0 Å². The lowest BCUT2D eigenvalue weighted by Crippen LogP contribution is -2.09. The zero-order valence-corrected chi connectivity index (χ0v) is 7.06. The lowest BCUT2D eigenvalue weighted by atomic mass is 10.2. The highest BCUT2D eigenvalue weighted by Crippen LogP contribution is 2.09. The molecule has 0 aliphatic heterocycles. The summed E-state index contributed by atoms with van der Waals surface area (Å²) >= 11 is 1.62. The van der Waals surface area contributed by atoms with Crippen molar-refractivity contribution in [1.82, 2.24) is 0 Å². The van der Waals surface area contributed by atoms with E-state index in [4.69, 9.17) is 5.73 Å². The SMILES string of the molecule is NCCC(=O)Cc1cccs1. The normalized spacial score (nSPS) is 9.91. The molecule has 0 fully saturated rings. The Kier molecular flexibility index (Phi) is 3.26. The fraction of sp³-hybridized carbons (Fsp3) is 0.375. The fourth-order valence-electron chi connectivity index (χ4n) is 0.857. The average Bonchev–Trinajstić information content (AvgIpc) is 2.40. The lowest BCUT2D eigenvalue weighted by Gasteiger charge is -1.93. The van der Waals surface area contributed by atoms with Crippen molar-refractivity contribution >= 4 is 17.1 Å². The van der Waals surface area contributed by atoms with Crippen molar-refractivity contribution in [3.63, 3.8) is 0 Å². The molecule has 3 heteroatoms. The predicted octanol–water partition coefficient (Wildman–Crippen LogP) is 1.21. The van der Waals surface area contributed by atoms with Crippen molar-refractivity contribution in [2.24, 2.45) is 5.73 Å². The van der Waals surface area contributed by atoms with Crippen LogP contribution in [-0.4, -0.2) is 12.3 Å². The van der Waals surface area contributed by atoms with Gasteiger partial charge in [-0.1, -0.05) is 6.07 Å². The molecule has 0 saturated heterocycles. The zero-order chi connectivity index (χ0) is 8.10. The summed E-state index contributed by atoms with van der Waals surface area (Å²) in [6, 6.07) is 3.93. The van der Waals surface area contributed by atoms with Gasteiger partial charge in [-0.05, 0) is 18.0 Å². The van der Waals surface area contributed by atoms with E-state index < -0.39 is 0 Å². The number of carbonyl (C=O) groups is 1. The van der Waals surface area contributed by atoms with Gasteiger partial charge in [0.25, 0.3) is 0 Å². The van der Waals surface area contributed by atoms with Crippen molar-refractivity contribution in [3.05, 3.63) is 22.4 Å². The van der Waals surface area contributed by atoms with Crippen molar-refractivity contribution in [2.75, 3.05) is 6.54 Å². The van der Waals surface area contributed by atoms with Crippen LogP contribution in [0.25, 0.3) is 0 Å². The minimum absolute atomic E-state index is 0.231. The molecule has 0 amide bonds. The molecule has 11 heavy (non-hydrogen) atoms. The predicted molar refractivity (Wildman–Crippen MR) is 46.7 cm³/mol. The van der Waals surface area contributed by atoms with Gasteiger partial charge in [0, 0.05) is 17.7 Å². The van der Waals surface area contributed by atoms with Crippen LogP contribution in [0.3, 0.4) is 0 Å². The number of thiophene rings is 1. The zero-order valence-electron chi connectivity index (χ0n) is 6.25. The van der Waals surface area contributed by atoms with E-state index in [2.05, 4.69) is 0 Å². The van der Waals surface area contributed by atoms with Gasteiger partial charge in [0.1, 0.15) is 5.78 Å². The van der Waals surface area contributed by atoms with E-state index in [1.807, 2.05) is 17.5 Å². The summed E-state index contributed by atoms with van der Waals surface area (Å²) in [5, 5.41) is 1.98. The lowest BCUT2D eigenvalue weighted by molar-refractivity contribution is -0.118. The molecule has 0 bridgehead atoms. The molecule has 0 aliphatic carbocycles. The van der Waals surface area contributed by atoms with Gasteiger partial charge in [0.2, 0.25) is 0 Å². The first-order valence-corrected chi connectivity index (χ1v) is 4.45. The van der Waals surface area contributed by atoms with Crippen LogP contribution in [0.2, 0.25) is 0 Å². The topological polar surface area (TPSA) is 43.1 Å². The van der Waals surface area contributed by atoms with Gasteiger partial charge in [-0.2, -0.15) is 0 Å². The Balaban J connectivity index is 2.37. The molecular formula is C8H11NOS. The number of rotatable bonds is 4. The highest BCUT2D eigenvalue weighted by molar-refractivity contribution is 7.10. The van der Waals surface area contributed by atoms with Crippen LogP contribution < -0.4 is 5.73 Å². The summed E-state index contributed by atoms with van der Waals surface area (Å²) in [6.45, 7) is 0.463. The summed E-state index contributed by atoms with van der Waals surface area (Å²) in [6.07, 6.45) is 1.05. The third-order valence-corrected chi connectivity index (χ3v) is 2.25. The van der Waals surface area contributed by atoms with Crippen molar-refractivity contribution in [3.8, 4) is 0 Å². The van der Waals surface area contributed by atoms with Gasteiger partial charge in [-0.25, -0.2) is 0 Å². The molecule has 1 aromatic heterocycles. The quantitative estimate of drug-likeness (QED) is 0.736. The Bertz CT molecular complexity index is 218. The smallest absolute Gasteiger partial charge is 0.139 e. The molecule has 2 nitrogen and oxygen atoms in total. The van der Waals surface area contributed by atoms with Gasteiger partial charge in [0.15, 0.2) is 0 Å². The number of hydrogen-bond donors (Lipinski definition) is 1. The standard InChI is InChI=1S/C8H11NOS/c9-4-3-7(10)6-8-2-1-5-11-8/h1-2,5H,3-4,6,9H2. The largest absolute Gasteiger partial charge is 0.330 e. The van der Waals surface area contributed by atoms with Gasteiger partial charge in [0.05, 0.1) is 0 Å². The Labute approximate surface area is 70.0 Å². The van der Waals surface area contributed by atoms with Crippen LogP contribution in [-0.2, 0) is 11.2 Å². The van der Waals surface area contributed by atoms with Crippen LogP contribution in [0.4, 0.5) is 0 Å². The summed E-state index contributed by atoms with van der Waals surface area (Å²) < 4.78 is 0. The molecule has 60 valence electrons. The van der Waals surface area contributed by atoms with Crippen LogP contribution >= 0.6 is 11.3 Å². The molecule has 0 atom stereocenters. The van der Waals surface area contributed by atoms with Crippen LogP contribution in [0.1, 0.15) is 11.3 Å². The highest BCUT2D eigenvalue weighted by atomic mass is 32.1. The van der Waals surface area contributed by atoms with E-state index >= 15 is 0 Å². The van der Waals surface area contributed by atoms with Crippen molar-refractivity contribution < 1.29 is 4.79 Å². The van der Waals surface area contributed by atoms with Gasteiger partial charge in [-0.3, -0.25) is 4.79 Å². The minimum Gasteiger partial charge on any atom is -0.330 e. The van der Waals surface area contributed by atoms with Crippen molar-refractivity contribution in [2.45, 2.75) is 12.8 Å². The first-order valence-electron chi connectivity index (χ1n) is 3.57. The third kappa shape index (κ3) is 2.82. The number of hydrogen-bond acceptors (Lipinski definition) is 3. The van der Waals surface area contributed by atoms with Crippen molar-refractivity contribution in [1.29, 1.82) is 0 Å². The molecule has 0 unspecified atom stereocenters. The minimum atomic E-state index is 0.231. The van der Waals surface area contributed by atoms with Gasteiger partial charge >= 0.3 is 0 Å². The summed E-state index contributed by atoms with van der Waals surface area (Å²) in [7, 11) is 0. The second-order valence-electron chi connectivity index (χ2n) is 2.33. The van der Waals surface area contributed by atoms with Gasteiger partial charge in [-0.15, -0.1) is 11.3 Å². The maximum Gasteiger partial charge on any atom is 0.139 e. The Hall–Kier alpha value is -0.670. The number of ketones is 1. The second kappa shape index (κ2) is 4.26. The van der Waals surface area contributed by atoms with E-state index in [-0.39, 0.29) is 5.78 Å². The maximum atomic E-state index is 11.0. The van der Waals surface area contributed by atoms with E-state index in [0.717, 1.165) is 4.88 Å². The van der Waals surface area contributed by atoms with Gasteiger partial charge < -0.3 is 5.73 Å². The number of nitrogens with two attached hydrogens (primary N) is 1. The van der Waals surface area contributed by atoms with Crippen LogP contribution in [0, 0.1) is 0 Å². The Morgan fingerprint density at radius 3 is 3.00 bits per heavy atom. The summed E-state index contributed by atoms with van der Waals surface area (Å²) in [4.78, 5) is 12.2. The molecule has 0 aromatic carbocycles. The van der Waals surface area contributed by atoms with E-state index in [9.17, 15) is 4.79 Å². The molecule has 0 radical (unpaired) electrons. The summed E-state index contributed by atoms with van der Waals surface area (Å²) in [5.74, 6) is 0.231. The Morgan fingerprint density at radius 1 is 1.64 bits per heavy atom. The molecule has 0 aliphatic rings. The number of carbonyl (C=O) groups excluding carboxylic acids is 1. The highest BCUT2D eigenvalue weighted by Gasteiger charge is 2.01. The first kappa shape index (κ1) is 8.43. The molecule has 1 heterocycles. The van der Waals surface area contributed by atoms with E-state index in [1.54, 1.807) is 11.3 Å². The molecule has 1 rings (SSSR count). The third-order valence-electron chi connectivity index (χ3n) is 1.37. The monoisotopic (exact) mass is 169 g/mol. The average molecular weight is 169 g/mol. The molecule has 1 aromatic rings. The van der Waals surface area contributed by atoms with Crippen LogP contribution in [0.15, 0.2) is 17.5 Å². The van der Waals surface area contributed by atoms with E-state index in [1.165, 1.54) is 0 Å². The molecule has 0 saturated carbocycles. The summed E-state index contributed by atoms with van der Waals surface area (Å²) in [5.41, 5.74) is 5.24. The Morgan fingerprint density at radius 2 is 2.45 bits per heavy atom. The molecular weight excluding hydrogens is 158 g/mol. The fourth-order valence-corrected chi connectivity index (χ4v) is 1.59. The first-order chi connectivity index (χ1) is 5.33. The molecule has 2 N–H and O–H groups in total. The molecule has 0 spiro atoms. The maximum absolute atomic E-state index is 11.0.